The van der Waals surface area contributed by atoms with Crippen LogP contribution in [0.25, 0.3) is 0 Å². The lowest BCUT2D eigenvalue weighted by Crippen LogP contribution is -2.46. The predicted molar refractivity (Wildman–Crippen MR) is 71.8 cm³/mol. The summed E-state index contributed by atoms with van der Waals surface area (Å²) in [5.41, 5.74) is -0.797. The molecule has 0 saturated heterocycles. The summed E-state index contributed by atoms with van der Waals surface area (Å²) in [5.74, 6) is -1.09. The van der Waals surface area contributed by atoms with Crippen LogP contribution in [0.5, 0.6) is 0 Å². The van der Waals surface area contributed by atoms with E-state index in [9.17, 15) is 13.9 Å². The molecule has 0 heterocycles. The second kappa shape index (κ2) is 4.86. The Balaban J connectivity index is 2.23. The molecule has 0 radical (unpaired) electrons. The monoisotopic (exact) mass is 268 g/mol. The predicted octanol–water partition coefficient (Wildman–Crippen LogP) is 4.08. The van der Waals surface area contributed by atoms with Crippen molar-refractivity contribution in [1.29, 1.82) is 0 Å². The van der Waals surface area contributed by atoms with Crippen molar-refractivity contribution in [1.82, 2.24) is 0 Å². The van der Waals surface area contributed by atoms with E-state index in [0.29, 0.717) is 6.42 Å². The Labute approximate surface area is 113 Å². The van der Waals surface area contributed by atoms with Gasteiger partial charge < -0.3 is 5.11 Å². The highest BCUT2D eigenvalue weighted by Gasteiger charge is 2.43. The van der Waals surface area contributed by atoms with Crippen LogP contribution in [-0.2, 0) is 6.42 Å². The van der Waals surface area contributed by atoms with Crippen molar-refractivity contribution in [2.24, 2.45) is 11.3 Å². The van der Waals surface area contributed by atoms with E-state index in [1.807, 2.05) is 6.92 Å². The molecule has 0 bridgehead atoms. The zero-order valence-electron chi connectivity index (χ0n) is 11.8. The summed E-state index contributed by atoms with van der Waals surface area (Å²) >= 11 is 0. The molecule has 1 nitrogen and oxygen atoms in total. The molecular weight excluding hydrogens is 246 g/mol. The molecule has 1 saturated carbocycles. The van der Waals surface area contributed by atoms with Gasteiger partial charge >= 0.3 is 0 Å². The average Bonchev–Trinajstić information content (AvgIpc) is 2.30. The summed E-state index contributed by atoms with van der Waals surface area (Å²) in [6.45, 7) is 6.32. The van der Waals surface area contributed by atoms with Crippen LogP contribution in [0.15, 0.2) is 18.2 Å². The van der Waals surface area contributed by atoms with Crippen LogP contribution in [0.4, 0.5) is 8.78 Å². The Hall–Kier alpha value is -0.960. The summed E-state index contributed by atoms with van der Waals surface area (Å²) < 4.78 is 27.4. The molecular formula is C16H22F2O. The molecule has 2 atom stereocenters. The fraction of sp³-hybridized carbons (Fsp3) is 0.625. The highest BCUT2D eigenvalue weighted by molar-refractivity contribution is 5.22. The van der Waals surface area contributed by atoms with Crippen molar-refractivity contribution in [3.8, 4) is 0 Å². The largest absolute Gasteiger partial charge is 0.389 e. The molecule has 2 unspecified atom stereocenters. The van der Waals surface area contributed by atoms with Crippen molar-refractivity contribution in [3.05, 3.63) is 35.4 Å². The Morgan fingerprint density at radius 1 is 1.21 bits per heavy atom. The number of hydrogen-bond donors (Lipinski definition) is 1. The van der Waals surface area contributed by atoms with Gasteiger partial charge in [0.05, 0.1) is 5.60 Å². The summed E-state index contributed by atoms with van der Waals surface area (Å²) in [4.78, 5) is 0. The maximum atomic E-state index is 13.7. The van der Waals surface area contributed by atoms with E-state index in [0.717, 1.165) is 12.8 Å². The van der Waals surface area contributed by atoms with Crippen LogP contribution in [-0.4, -0.2) is 10.7 Å². The van der Waals surface area contributed by atoms with Gasteiger partial charge in [0.1, 0.15) is 11.6 Å². The standard InChI is InChI=1S/C16H22F2O/c1-11-9-15(2,3)7-8-16(11,19)10-12-13(17)5-4-6-14(12)18/h4-6,11,19H,7-10H2,1-3H3. The Bertz CT molecular complexity index is 450. The van der Waals surface area contributed by atoms with E-state index < -0.39 is 17.2 Å². The number of aliphatic hydroxyl groups is 1. The van der Waals surface area contributed by atoms with Gasteiger partial charge in [-0.25, -0.2) is 8.78 Å². The zero-order chi connectivity index (χ0) is 14.3. The molecule has 1 fully saturated rings. The second-order valence-electron chi connectivity index (χ2n) is 6.75. The van der Waals surface area contributed by atoms with Crippen molar-refractivity contribution < 1.29 is 13.9 Å². The average molecular weight is 268 g/mol. The number of hydrogen-bond acceptors (Lipinski definition) is 1. The van der Waals surface area contributed by atoms with Gasteiger partial charge in [-0.15, -0.1) is 0 Å². The van der Waals surface area contributed by atoms with E-state index in [1.54, 1.807) is 0 Å². The normalized spacial score (nSPS) is 30.3. The van der Waals surface area contributed by atoms with Crippen LogP contribution in [0.3, 0.4) is 0 Å². The molecule has 1 aliphatic carbocycles. The van der Waals surface area contributed by atoms with Crippen LogP contribution in [0.2, 0.25) is 0 Å². The summed E-state index contributed by atoms with van der Waals surface area (Å²) in [7, 11) is 0. The van der Waals surface area contributed by atoms with Crippen molar-refractivity contribution in [3.63, 3.8) is 0 Å². The first-order chi connectivity index (χ1) is 8.73. The Morgan fingerprint density at radius 3 is 2.32 bits per heavy atom. The van der Waals surface area contributed by atoms with Crippen LogP contribution in [0.1, 0.15) is 45.6 Å². The number of rotatable bonds is 2. The topological polar surface area (TPSA) is 20.2 Å². The Kier molecular flexibility index (Phi) is 3.69. The minimum atomic E-state index is -1.00. The molecule has 0 spiro atoms. The van der Waals surface area contributed by atoms with Gasteiger partial charge in [0.2, 0.25) is 0 Å². The van der Waals surface area contributed by atoms with Gasteiger partial charge in [-0.2, -0.15) is 0 Å². The van der Waals surface area contributed by atoms with Crippen LogP contribution >= 0.6 is 0 Å². The van der Waals surface area contributed by atoms with Gasteiger partial charge in [0.15, 0.2) is 0 Å². The summed E-state index contributed by atoms with van der Waals surface area (Å²) in [6, 6.07) is 3.85. The maximum Gasteiger partial charge on any atom is 0.129 e. The lowest BCUT2D eigenvalue weighted by molar-refractivity contribution is -0.0713. The zero-order valence-corrected chi connectivity index (χ0v) is 11.8. The van der Waals surface area contributed by atoms with E-state index in [-0.39, 0.29) is 23.3 Å². The smallest absolute Gasteiger partial charge is 0.129 e. The lowest BCUT2D eigenvalue weighted by atomic mass is 9.64. The molecule has 0 aromatic heterocycles. The van der Waals surface area contributed by atoms with E-state index in [1.165, 1.54) is 18.2 Å². The second-order valence-corrected chi connectivity index (χ2v) is 6.75. The lowest BCUT2D eigenvalue weighted by Gasteiger charge is -2.45. The Morgan fingerprint density at radius 2 is 1.79 bits per heavy atom. The molecule has 0 aliphatic heterocycles. The molecule has 1 aromatic carbocycles. The third-order valence-electron chi connectivity index (χ3n) is 4.56. The molecule has 0 amide bonds. The highest BCUT2D eigenvalue weighted by atomic mass is 19.1. The quantitative estimate of drug-likeness (QED) is 0.856. The summed E-state index contributed by atoms with van der Waals surface area (Å²) in [5, 5.41) is 10.7. The molecule has 1 aromatic rings. The van der Waals surface area contributed by atoms with Crippen molar-refractivity contribution >= 4 is 0 Å². The first kappa shape index (κ1) is 14.4. The minimum absolute atomic E-state index is 0.0107. The minimum Gasteiger partial charge on any atom is -0.389 e. The first-order valence-corrected chi connectivity index (χ1v) is 6.89. The fourth-order valence-corrected chi connectivity index (χ4v) is 3.19. The molecule has 1 aliphatic rings. The van der Waals surface area contributed by atoms with Crippen LogP contribution in [0, 0.1) is 23.0 Å². The molecule has 19 heavy (non-hydrogen) atoms. The van der Waals surface area contributed by atoms with Crippen molar-refractivity contribution in [2.75, 3.05) is 0 Å². The number of halogens is 2. The fourth-order valence-electron chi connectivity index (χ4n) is 3.19. The van der Waals surface area contributed by atoms with Gasteiger partial charge in [-0.1, -0.05) is 26.8 Å². The molecule has 3 heteroatoms. The van der Waals surface area contributed by atoms with Gasteiger partial charge in [0, 0.05) is 12.0 Å². The van der Waals surface area contributed by atoms with Crippen LogP contribution < -0.4 is 0 Å². The maximum absolute atomic E-state index is 13.7. The van der Waals surface area contributed by atoms with E-state index >= 15 is 0 Å². The first-order valence-electron chi connectivity index (χ1n) is 6.89. The molecule has 106 valence electrons. The summed E-state index contributed by atoms with van der Waals surface area (Å²) in [6.07, 6.45) is 2.40. The number of benzene rings is 1. The van der Waals surface area contributed by atoms with Gasteiger partial charge in [-0.05, 0) is 42.7 Å². The van der Waals surface area contributed by atoms with Gasteiger partial charge in [-0.3, -0.25) is 0 Å². The van der Waals surface area contributed by atoms with E-state index in [4.69, 9.17) is 0 Å². The highest BCUT2D eigenvalue weighted by Crippen LogP contribution is 2.45. The molecule has 2 rings (SSSR count). The van der Waals surface area contributed by atoms with E-state index in [2.05, 4.69) is 13.8 Å². The third kappa shape index (κ3) is 2.97. The molecule has 1 N–H and O–H groups in total. The SMILES string of the molecule is CC1CC(C)(C)CCC1(O)Cc1c(F)cccc1F. The van der Waals surface area contributed by atoms with Gasteiger partial charge in [0.25, 0.3) is 0 Å². The third-order valence-corrected chi connectivity index (χ3v) is 4.56. The van der Waals surface area contributed by atoms with Crippen molar-refractivity contribution in [2.45, 2.75) is 52.1 Å².